The first-order valence-corrected chi connectivity index (χ1v) is 8.97. The van der Waals surface area contributed by atoms with Crippen molar-refractivity contribution in [3.05, 3.63) is 69.0 Å². The molecule has 26 heavy (non-hydrogen) atoms. The number of nitrogens with zero attached hydrogens (tertiary/aromatic N) is 3. The SMILES string of the molecule is Cc1ccc(-n2nc(C)cc2NC(=O)/C(C#N)=C/c2sccc2C)cc1. The van der Waals surface area contributed by atoms with Crippen molar-refractivity contribution in [2.24, 2.45) is 0 Å². The standard InChI is InChI=1S/C20H18N4OS/c1-13-4-6-17(7-5-13)24-19(10-15(3)23-24)22-20(25)16(12-21)11-18-14(2)8-9-26-18/h4-11H,1-3H3,(H,22,25)/b16-11+. The van der Waals surface area contributed by atoms with Gasteiger partial charge in [0.1, 0.15) is 17.5 Å². The Morgan fingerprint density at radius 1 is 1.23 bits per heavy atom. The fraction of sp³-hybridized carbons (Fsp3) is 0.150. The minimum absolute atomic E-state index is 0.0601. The van der Waals surface area contributed by atoms with Gasteiger partial charge >= 0.3 is 0 Å². The van der Waals surface area contributed by atoms with Crippen molar-refractivity contribution in [2.45, 2.75) is 20.8 Å². The van der Waals surface area contributed by atoms with Gasteiger partial charge in [-0.1, -0.05) is 17.7 Å². The highest BCUT2D eigenvalue weighted by Crippen LogP contribution is 2.21. The molecule has 130 valence electrons. The Kier molecular flexibility index (Phi) is 5.01. The summed E-state index contributed by atoms with van der Waals surface area (Å²) in [5, 5.41) is 18.6. The van der Waals surface area contributed by atoms with E-state index in [1.807, 2.05) is 62.6 Å². The van der Waals surface area contributed by atoms with Crippen LogP contribution in [-0.2, 0) is 4.79 Å². The van der Waals surface area contributed by atoms with Crippen molar-refractivity contribution in [1.82, 2.24) is 9.78 Å². The van der Waals surface area contributed by atoms with Gasteiger partial charge in [0.05, 0.1) is 11.4 Å². The van der Waals surface area contributed by atoms with Crippen molar-refractivity contribution in [2.75, 3.05) is 5.32 Å². The van der Waals surface area contributed by atoms with Gasteiger partial charge in [-0.2, -0.15) is 10.4 Å². The molecule has 6 heteroatoms. The fourth-order valence-electron chi connectivity index (χ4n) is 2.47. The first-order chi connectivity index (χ1) is 12.5. The molecular formula is C20H18N4OS. The van der Waals surface area contributed by atoms with E-state index in [1.165, 1.54) is 11.3 Å². The number of carbonyl (C=O) groups is 1. The summed E-state index contributed by atoms with van der Waals surface area (Å²) in [6.45, 7) is 5.82. The van der Waals surface area contributed by atoms with Crippen LogP contribution < -0.4 is 5.32 Å². The number of nitrogens with one attached hydrogen (secondary N) is 1. The number of aryl methyl sites for hydroxylation is 3. The average molecular weight is 362 g/mol. The molecule has 0 fully saturated rings. The number of aromatic nitrogens is 2. The number of thiophene rings is 1. The number of anilines is 1. The predicted octanol–water partition coefficient (Wildman–Crippen LogP) is 4.40. The van der Waals surface area contributed by atoms with Gasteiger partial charge in [-0.15, -0.1) is 11.3 Å². The smallest absolute Gasteiger partial charge is 0.267 e. The van der Waals surface area contributed by atoms with Gasteiger partial charge < -0.3 is 5.32 Å². The topological polar surface area (TPSA) is 70.7 Å². The van der Waals surface area contributed by atoms with Crippen LogP contribution in [0.2, 0.25) is 0 Å². The molecule has 5 nitrogen and oxygen atoms in total. The molecule has 2 aromatic heterocycles. The molecule has 0 saturated carbocycles. The van der Waals surface area contributed by atoms with Gasteiger partial charge in [0.25, 0.3) is 5.91 Å². The highest BCUT2D eigenvalue weighted by molar-refractivity contribution is 7.11. The van der Waals surface area contributed by atoms with E-state index in [1.54, 1.807) is 16.8 Å². The summed E-state index contributed by atoms with van der Waals surface area (Å²) in [4.78, 5) is 13.5. The number of hydrogen-bond donors (Lipinski definition) is 1. The number of benzene rings is 1. The van der Waals surface area contributed by atoms with E-state index >= 15 is 0 Å². The van der Waals surface area contributed by atoms with E-state index in [2.05, 4.69) is 10.4 Å². The Labute approximate surface area is 156 Å². The Bertz CT molecular complexity index is 1020. The van der Waals surface area contributed by atoms with Crippen molar-refractivity contribution in [3.63, 3.8) is 0 Å². The van der Waals surface area contributed by atoms with Crippen LogP contribution in [0.1, 0.15) is 21.7 Å². The van der Waals surface area contributed by atoms with Gasteiger partial charge in [0.2, 0.25) is 0 Å². The molecule has 0 unspecified atom stereocenters. The number of amides is 1. The molecule has 1 N–H and O–H groups in total. The third-order valence-corrected chi connectivity index (χ3v) is 4.86. The van der Waals surface area contributed by atoms with Crippen LogP contribution in [0, 0.1) is 32.1 Å². The highest BCUT2D eigenvalue weighted by atomic mass is 32.1. The molecule has 0 atom stereocenters. The number of hydrogen-bond acceptors (Lipinski definition) is 4. The van der Waals surface area contributed by atoms with Crippen LogP contribution >= 0.6 is 11.3 Å². The molecule has 0 saturated heterocycles. The lowest BCUT2D eigenvalue weighted by Gasteiger charge is -2.09. The summed E-state index contributed by atoms with van der Waals surface area (Å²) >= 11 is 1.50. The van der Waals surface area contributed by atoms with Crippen LogP contribution in [0.4, 0.5) is 5.82 Å². The lowest BCUT2D eigenvalue weighted by molar-refractivity contribution is -0.112. The molecule has 1 amide bonds. The van der Waals surface area contributed by atoms with Crippen molar-refractivity contribution < 1.29 is 4.79 Å². The van der Waals surface area contributed by atoms with Gasteiger partial charge in [-0.05, 0) is 56.0 Å². The lowest BCUT2D eigenvalue weighted by Crippen LogP contribution is -2.16. The van der Waals surface area contributed by atoms with Crippen LogP contribution in [-0.4, -0.2) is 15.7 Å². The predicted molar refractivity (Wildman–Crippen MR) is 104 cm³/mol. The van der Waals surface area contributed by atoms with Gasteiger partial charge in [-0.3, -0.25) is 4.79 Å². The lowest BCUT2D eigenvalue weighted by atomic mass is 10.2. The monoisotopic (exact) mass is 362 g/mol. The molecule has 0 radical (unpaired) electrons. The van der Waals surface area contributed by atoms with E-state index < -0.39 is 5.91 Å². The second-order valence-electron chi connectivity index (χ2n) is 6.01. The molecule has 0 aliphatic carbocycles. The highest BCUT2D eigenvalue weighted by Gasteiger charge is 2.15. The Balaban J connectivity index is 1.90. The van der Waals surface area contributed by atoms with Crippen LogP contribution in [0.3, 0.4) is 0 Å². The maximum atomic E-state index is 12.6. The fourth-order valence-corrected chi connectivity index (χ4v) is 3.33. The third-order valence-electron chi connectivity index (χ3n) is 3.89. The Morgan fingerprint density at radius 3 is 2.58 bits per heavy atom. The molecular weight excluding hydrogens is 344 g/mol. The largest absolute Gasteiger partial charge is 0.306 e. The van der Waals surface area contributed by atoms with Crippen molar-refractivity contribution >= 4 is 29.1 Å². The first kappa shape index (κ1) is 17.6. The van der Waals surface area contributed by atoms with Gasteiger partial charge in [-0.25, -0.2) is 4.68 Å². The van der Waals surface area contributed by atoms with Crippen molar-refractivity contribution in [1.29, 1.82) is 5.26 Å². The molecule has 0 spiro atoms. The number of carbonyl (C=O) groups excluding carboxylic acids is 1. The molecule has 0 aliphatic rings. The zero-order valence-corrected chi connectivity index (χ0v) is 15.6. The van der Waals surface area contributed by atoms with E-state index in [-0.39, 0.29) is 5.57 Å². The maximum absolute atomic E-state index is 12.6. The second kappa shape index (κ2) is 7.38. The van der Waals surface area contributed by atoms with Crippen molar-refractivity contribution in [3.8, 4) is 11.8 Å². The summed E-state index contributed by atoms with van der Waals surface area (Å²) in [5.74, 6) is 0.0777. The molecule has 1 aromatic carbocycles. The first-order valence-electron chi connectivity index (χ1n) is 8.09. The van der Waals surface area contributed by atoms with E-state index in [9.17, 15) is 10.1 Å². The minimum atomic E-state index is -0.450. The minimum Gasteiger partial charge on any atom is -0.306 e. The quantitative estimate of drug-likeness (QED) is 0.552. The van der Waals surface area contributed by atoms with Crippen LogP contribution in [0.15, 0.2) is 47.4 Å². The zero-order chi connectivity index (χ0) is 18.7. The summed E-state index contributed by atoms with van der Waals surface area (Å²) in [5.41, 5.74) is 3.86. The maximum Gasteiger partial charge on any atom is 0.267 e. The summed E-state index contributed by atoms with van der Waals surface area (Å²) in [6, 6.07) is 13.6. The zero-order valence-electron chi connectivity index (χ0n) is 14.8. The normalized spacial score (nSPS) is 11.2. The summed E-state index contributed by atoms with van der Waals surface area (Å²) in [7, 11) is 0. The summed E-state index contributed by atoms with van der Waals surface area (Å²) in [6.07, 6.45) is 1.62. The van der Waals surface area contributed by atoms with Crippen LogP contribution in [0.25, 0.3) is 11.8 Å². The van der Waals surface area contributed by atoms with E-state index in [4.69, 9.17) is 0 Å². The average Bonchev–Trinajstić information content (AvgIpc) is 3.18. The Morgan fingerprint density at radius 2 is 1.96 bits per heavy atom. The number of rotatable bonds is 4. The summed E-state index contributed by atoms with van der Waals surface area (Å²) < 4.78 is 1.66. The van der Waals surface area contributed by atoms with E-state index in [0.717, 1.165) is 27.4 Å². The van der Waals surface area contributed by atoms with E-state index in [0.29, 0.717) is 5.82 Å². The molecule has 0 bridgehead atoms. The number of nitriles is 1. The molecule has 3 rings (SSSR count). The molecule has 2 heterocycles. The molecule has 3 aromatic rings. The van der Waals surface area contributed by atoms with Gasteiger partial charge in [0, 0.05) is 10.9 Å². The third kappa shape index (κ3) is 3.73. The van der Waals surface area contributed by atoms with Crippen LogP contribution in [0.5, 0.6) is 0 Å². The van der Waals surface area contributed by atoms with Gasteiger partial charge in [0.15, 0.2) is 0 Å². The second-order valence-corrected chi connectivity index (χ2v) is 6.96. The molecule has 0 aliphatic heterocycles. The Hall–Kier alpha value is -3.17.